The van der Waals surface area contributed by atoms with E-state index in [1.54, 1.807) is 12.3 Å². The minimum absolute atomic E-state index is 0.138. The number of nitrogens with zero attached hydrogens (tertiary/aromatic N) is 3. The lowest BCUT2D eigenvalue weighted by atomic mass is 10.0. The number of para-hydroxylation sites is 1. The summed E-state index contributed by atoms with van der Waals surface area (Å²) >= 11 is 5.83. The van der Waals surface area contributed by atoms with Crippen molar-refractivity contribution < 1.29 is 14.3 Å². The zero-order valence-corrected chi connectivity index (χ0v) is 21.1. The van der Waals surface area contributed by atoms with Gasteiger partial charge in [-0.25, -0.2) is 4.79 Å². The molecule has 0 radical (unpaired) electrons. The topological polar surface area (TPSA) is 88.5 Å². The molecule has 1 amide bonds. The number of esters is 1. The third-order valence-electron chi connectivity index (χ3n) is 6.22. The highest BCUT2D eigenvalue weighted by molar-refractivity contribution is 7.80. The molecule has 1 aliphatic heterocycles. The molecule has 0 bridgehead atoms. The van der Waals surface area contributed by atoms with E-state index in [1.807, 2.05) is 88.5 Å². The first-order valence-corrected chi connectivity index (χ1v) is 12.1. The van der Waals surface area contributed by atoms with Crippen molar-refractivity contribution in [3.8, 4) is 5.69 Å². The van der Waals surface area contributed by atoms with Gasteiger partial charge in [-0.05, 0) is 72.9 Å². The molecule has 8 nitrogen and oxygen atoms in total. The molecule has 186 valence electrons. The summed E-state index contributed by atoms with van der Waals surface area (Å²) in [5.41, 5.74) is 4.45. The zero-order chi connectivity index (χ0) is 25.9. The van der Waals surface area contributed by atoms with Gasteiger partial charge in [0.2, 0.25) is 5.91 Å². The average molecular weight is 512 g/mol. The van der Waals surface area contributed by atoms with E-state index in [4.69, 9.17) is 17.0 Å². The van der Waals surface area contributed by atoms with Crippen molar-refractivity contribution in [2.24, 2.45) is 0 Å². The Morgan fingerprint density at radius 2 is 1.76 bits per heavy atom. The lowest BCUT2D eigenvalue weighted by Gasteiger charge is -2.29. The zero-order valence-electron chi connectivity index (χ0n) is 20.3. The van der Waals surface area contributed by atoms with Crippen LogP contribution in [0.4, 0.5) is 11.4 Å². The molecule has 2 aromatic carbocycles. The maximum absolute atomic E-state index is 12.6. The number of carbonyl (C=O) groups is 2. The molecular formula is C28H25N5O3S. The Hall–Kier alpha value is -4.50. The van der Waals surface area contributed by atoms with Gasteiger partial charge in [0.05, 0.1) is 30.1 Å². The lowest BCUT2D eigenvalue weighted by molar-refractivity contribution is -0.114. The number of nitrogens with one attached hydrogen (secondary N) is 2. The molecule has 2 atom stereocenters. The van der Waals surface area contributed by atoms with Gasteiger partial charge >= 0.3 is 5.97 Å². The van der Waals surface area contributed by atoms with Crippen molar-refractivity contribution in [2.45, 2.75) is 19.0 Å². The Kier molecular flexibility index (Phi) is 6.70. The molecule has 3 heterocycles. The van der Waals surface area contributed by atoms with Gasteiger partial charge in [0.25, 0.3) is 0 Å². The van der Waals surface area contributed by atoms with Crippen molar-refractivity contribution in [1.29, 1.82) is 0 Å². The van der Waals surface area contributed by atoms with E-state index in [0.29, 0.717) is 22.1 Å². The van der Waals surface area contributed by atoms with Crippen LogP contribution in [0.25, 0.3) is 5.69 Å². The van der Waals surface area contributed by atoms with Crippen molar-refractivity contribution in [3.63, 3.8) is 0 Å². The molecule has 37 heavy (non-hydrogen) atoms. The fraction of sp³-hybridized carbons (Fsp3) is 0.143. The Morgan fingerprint density at radius 1 is 1.00 bits per heavy atom. The molecule has 2 N–H and O–H groups in total. The van der Waals surface area contributed by atoms with Gasteiger partial charge in [0.1, 0.15) is 6.04 Å². The van der Waals surface area contributed by atoms with Crippen LogP contribution in [0.15, 0.2) is 91.3 Å². The normalized spacial score (nSPS) is 16.8. The van der Waals surface area contributed by atoms with E-state index >= 15 is 0 Å². The summed E-state index contributed by atoms with van der Waals surface area (Å²) < 4.78 is 7.03. The molecule has 2 aromatic heterocycles. The van der Waals surface area contributed by atoms with E-state index in [2.05, 4.69) is 15.6 Å². The molecule has 0 unspecified atom stereocenters. The molecule has 9 heteroatoms. The molecule has 5 rings (SSSR count). The minimum atomic E-state index is -0.415. The first-order valence-electron chi connectivity index (χ1n) is 11.7. The number of anilines is 2. The highest BCUT2D eigenvalue weighted by atomic mass is 32.1. The predicted octanol–water partition coefficient (Wildman–Crippen LogP) is 4.79. The van der Waals surface area contributed by atoms with E-state index in [-0.39, 0.29) is 18.0 Å². The van der Waals surface area contributed by atoms with Crippen LogP contribution in [0, 0.1) is 0 Å². The van der Waals surface area contributed by atoms with Gasteiger partial charge in [-0.2, -0.15) is 0 Å². The van der Waals surface area contributed by atoms with Crippen LogP contribution in [-0.2, 0) is 9.53 Å². The molecule has 1 aliphatic rings. The fourth-order valence-electron chi connectivity index (χ4n) is 4.66. The highest BCUT2D eigenvalue weighted by Crippen LogP contribution is 2.42. The Labute approximate surface area is 219 Å². The van der Waals surface area contributed by atoms with Gasteiger partial charge in [-0.1, -0.05) is 18.2 Å². The highest BCUT2D eigenvalue weighted by Gasteiger charge is 2.42. The quantitative estimate of drug-likeness (QED) is 0.284. The number of thiocarbonyl (C=S) groups is 1. The maximum Gasteiger partial charge on any atom is 0.339 e. The van der Waals surface area contributed by atoms with Crippen LogP contribution in [0.2, 0.25) is 0 Å². The van der Waals surface area contributed by atoms with Crippen LogP contribution >= 0.6 is 12.2 Å². The van der Waals surface area contributed by atoms with Crippen LogP contribution < -0.4 is 15.5 Å². The second-order valence-electron chi connectivity index (χ2n) is 8.54. The maximum atomic E-state index is 12.6. The van der Waals surface area contributed by atoms with E-state index < -0.39 is 5.97 Å². The van der Waals surface area contributed by atoms with Crippen LogP contribution in [0.3, 0.4) is 0 Å². The SMILES string of the molecule is COC(=O)c1ccccc1-n1cccc1[C@H]1[C@H](c2ccccn2)NC(=S)N1c1ccc(NC(C)=O)cc1. The third-order valence-corrected chi connectivity index (χ3v) is 6.53. The second kappa shape index (κ2) is 10.2. The Bertz CT molecular complexity index is 1450. The number of rotatable bonds is 6. The van der Waals surface area contributed by atoms with Crippen molar-refractivity contribution >= 4 is 40.6 Å². The van der Waals surface area contributed by atoms with Crippen LogP contribution in [0.1, 0.15) is 40.8 Å². The van der Waals surface area contributed by atoms with E-state index in [9.17, 15) is 9.59 Å². The van der Waals surface area contributed by atoms with Gasteiger partial charge in [-0.3, -0.25) is 9.78 Å². The number of amides is 1. The first-order chi connectivity index (χ1) is 18.0. The fourth-order valence-corrected chi connectivity index (χ4v) is 5.01. The molecule has 0 saturated carbocycles. The summed E-state index contributed by atoms with van der Waals surface area (Å²) in [6.07, 6.45) is 3.68. The standard InChI is InChI=1S/C28H25N5O3S/c1-18(34)30-19-12-14-20(15-13-19)33-26(25(31-28(33)37)22-9-5-6-16-29-22)24-11-7-17-32(24)23-10-4-3-8-21(23)27(35)36-2/h3-17,25-26H,1-2H3,(H,30,34)(H,31,37)/t25-,26-/m0/s1. The molecular weight excluding hydrogens is 486 g/mol. The Morgan fingerprint density at radius 3 is 2.46 bits per heavy atom. The van der Waals surface area contributed by atoms with Gasteiger partial charge in [0, 0.05) is 36.4 Å². The van der Waals surface area contributed by atoms with E-state index in [0.717, 1.165) is 17.1 Å². The number of hydrogen-bond donors (Lipinski definition) is 2. The molecule has 1 fully saturated rings. The van der Waals surface area contributed by atoms with Crippen molar-refractivity contribution in [2.75, 3.05) is 17.3 Å². The molecule has 4 aromatic rings. The largest absolute Gasteiger partial charge is 0.465 e. The summed E-state index contributed by atoms with van der Waals surface area (Å²) in [7, 11) is 1.37. The number of methoxy groups -OCH3 is 1. The number of carbonyl (C=O) groups excluding carboxylic acids is 2. The number of pyridine rings is 1. The van der Waals surface area contributed by atoms with E-state index in [1.165, 1.54) is 14.0 Å². The van der Waals surface area contributed by atoms with Crippen LogP contribution in [0.5, 0.6) is 0 Å². The predicted molar refractivity (Wildman–Crippen MR) is 146 cm³/mol. The summed E-state index contributed by atoms with van der Waals surface area (Å²) in [5.74, 6) is -0.552. The molecule has 0 aliphatic carbocycles. The Balaban J connectivity index is 1.64. The van der Waals surface area contributed by atoms with Crippen LogP contribution in [-0.4, -0.2) is 33.6 Å². The van der Waals surface area contributed by atoms with Gasteiger partial charge in [0.15, 0.2) is 5.11 Å². The summed E-state index contributed by atoms with van der Waals surface area (Å²) in [4.78, 5) is 30.7. The summed E-state index contributed by atoms with van der Waals surface area (Å²) in [5, 5.41) is 6.79. The number of ether oxygens (including phenoxy) is 1. The third kappa shape index (κ3) is 4.68. The number of benzene rings is 2. The minimum Gasteiger partial charge on any atom is -0.465 e. The van der Waals surface area contributed by atoms with Gasteiger partial charge < -0.3 is 24.8 Å². The smallest absolute Gasteiger partial charge is 0.339 e. The lowest BCUT2D eigenvalue weighted by Crippen LogP contribution is -2.30. The molecule has 1 saturated heterocycles. The second-order valence-corrected chi connectivity index (χ2v) is 8.92. The number of hydrogen-bond acceptors (Lipinski definition) is 5. The van der Waals surface area contributed by atoms with Crippen molar-refractivity contribution in [1.82, 2.24) is 14.9 Å². The molecule has 0 spiro atoms. The summed E-state index contributed by atoms with van der Waals surface area (Å²) in [6.45, 7) is 1.47. The van der Waals surface area contributed by atoms with Crippen molar-refractivity contribution in [3.05, 3.63) is 108 Å². The summed E-state index contributed by atoms with van der Waals surface area (Å²) in [6, 6.07) is 24.0. The van der Waals surface area contributed by atoms with Gasteiger partial charge in [-0.15, -0.1) is 0 Å². The number of aromatic nitrogens is 2. The average Bonchev–Trinajstić information content (AvgIpc) is 3.53. The first kappa shape index (κ1) is 24.2. The monoisotopic (exact) mass is 511 g/mol.